The summed E-state index contributed by atoms with van der Waals surface area (Å²) in [5, 5.41) is 3.45. The third-order valence-electron chi connectivity index (χ3n) is 3.95. The first-order valence-corrected chi connectivity index (χ1v) is 8.44. The maximum atomic E-state index is 11.5. The Morgan fingerprint density at radius 3 is 3.05 bits per heavy atom. The van der Waals surface area contributed by atoms with Crippen LogP contribution in [0.2, 0.25) is 0 Å². The number of nitrogens with one attached hydrogen (secondary N) is 1. The van der Waals surface area contributed by atoms with Gasteiger partial charge >= 0.3 is 0 Å². The van der Waals surface area contributed by atoms with Crippen LogP contribution < -0.4 is 16.0 Å². The molecule has 1 fully saturated rings. The normalized spacial score (nSPS) is 18.8. The van der Waals surface area contributed by atoms with E-state index in [2.05, 4.69) is 51.3 Å². The van der Waals surface area contributed by atoms with Gasteiger partial charge in [-0.25, -0.2) is 0 Å². The smallest absolute Gasteiger partial charge is 0.222 e. The van der Waals surface area contributed by atoms with Crippen molar-refractivity contribution in [2.24, 2.45) is 11.7 Å². The van der Waals surface area contributed by atoms with Crippen LogP contribution in [0.3, 0.4) is 0 Å². The number of nitrogens with zero attached hydrogens (tertiary/aromatic N) is 1. The number of benzene rings is 1. The number of hydrogen-bond acceptors (Lipinski definition) is 3. The lowest BCUT2D eigenvalue weighted by atomic mass is 9.96. The molecule has 4 nitrogen and oxygen atoms in total. The van der Waals surface area contributed by atoms with Crippen LogP contribution >= 0.6 is 15.9 Å². The summed E-state index contributed by atoms with van der Waals surface area (Å²) in [7, 11) is 0. The van der Waals surface area contributed by atoms with Gasteiger partial charge in [0.2, 0.25) is 5.91 Å². The molecule has 1 aromatic carbocycles. The molecule has 0 spiro atoms. The van der Waals surface area contributed by atoms with Gasteiger partial charge in [0.05, 0.1) is 5.92 Å². The third kappa shape index (κ3) is 4.45. The number of piperidine rings is 1. The van der Waals surface area contributed by atoms with E-state index in [0.717, 1.165) is 49.9 Å². The number of carbonyl (C=O) groups is 1. The molecule has 0 saturated carbocycles. The minimum absolute atomic E-state index is 0.0288. The predicted molar refractivity (Wildman–Crippen MR) is 90.3 cm³/mol. The summed E-state index contributed by atoms with van der Waals surface area (Å²) >= 11 is 3.54. The molecule has 1 aliphatic heterocycles. The number of amides is 1. The van der Waals surface area contributed by atoms with Crippen molar-refractivity contribution in [1.29, 1.82) is 0 Å². The fourth-order valence-corrected chi connectivity index (χ4v) is 3.24. The first-order valence-electron chi connectivity index (χ1n) is 7.65. The Balaban J connectivity index is 2.15. The predicted octanol–water partition coefficient (Wildman–Crippen LogP) is 2.65. The van der Waals surface area contributed by atoms with E-state index >= 15 is 0 Å². The van der Waals surface area contributed by atoms with Gasteiger partial charge in [0.15, 0.2) is 0 Å². The largest absolute Gasteiger partial charge is 0.370 e. The van der Waals surface area contributed by atoms with Crippen molar-refractivity contribution >= 4 is 27.5 Å². The van der Waals surface area contributed by atoms with Crippen molar-refractivity contribution in [3.8, 4) is 0 Å². The molecular weight excluding hydrogens is 330 g/mol. The van der Waals surface area contributed by atoms with Gasteiger partial charge in [0.25, 0.3) is 0 Å². The lowest BCUT2D eigenvalue weighted by Crippen LogP contribution is -2.41. The van der Waals surface area contributed by atoms with E-state index in [1.165, 1.54) is 11.3 Å². The van der Waals surface area contributed by atoms with E-state index in [-0.39, 0.29) is 11.8 Å². The summed E-state index contributed by atoms with van der Waals surface area (Å²) in [6.45, 7) is 5.75. The highest BCUT2D eigenvalue weighted by molar-refractivity contribution is 9.10. The molecule has 1 amide bonds. The van der Waals surface area contributed by atoms with Crippen molar-refractivity contribution in [3.05, 3.63) is 28.2 Å². The number of nitrogens with two attached hydrogens (primary N) is 1. The van der Waals surface area contributed by atoms with Crippen LogP contribution in [0, 0.1) is 5.92 Å². The second-order valence-electron chi connectivity index (χ2n) is 5.64. The first-order chi connectivity index (χ1) is 10.1. The van der Waals surface area contributed by atoms with Gasteiger partial charge in [-0.05, 0) is 49.6 Å². The summed E-state index contributed by atoms with van der Waals surface area (Å²) in [6, 6.07) is 6.36. The van der Waals surface area contributed by atoms with Crippen LogP contribution in [-0.2, 0) is 11.3 Å². The molecule has 0 radical (unpaired) electrons. The van der Waals surface area contributed by atoms with Crippen molar-refractivity contribution in [1.82, 2.24) is 5.32 Å². The summed E-state index contributed by atoms with van der Waals surface area (Å²) in [5.41, 5.74) is 7.96. The molecule has 1 unspecified atom stereocenters. The van der Waals surface area contributed by atoms with Crippen molar-refractivity contribution < 1.29 is 4.79 Å². The van der Waals surface area contributed by atoms with Gasteiger partial charge in [0, 0.05) is 29.8 Å². The summed E-state index contributed by atoms with van der Waals surface area (Å²) in [5.74, 6) is -0.207. The topological polar surface area (TPSA) is 58.4 Å². The molecule has 1 aliphatic rings. The quantitative estimate of drug-likeness (QED) is 0.773. The number of anilines is 1. The van der Waals surface area contributed by atoms with E-state index in [1.807, 2.05) is 0 Å². The third-order valence-corrected chi connectivity index (χ3v) is 4.44. The fourth-order valence-electron chi connectivity index (χ4n) is 2.83. The molecular formula is C16H24BrN3O. The van der Waals surface area contributed by atoms with Crippen LogP contribution in [0.5, 0.6) is 0 Å². The van der Waals surface area contributed by atoms with E-state index in [4.69, 9.17) is 5.73 Å². The zero-order valence-electron chi connectivity index (χ0n) is 12.6. The molecule has 3 N–H and O–H groups in total. The van der Waals surface area contributed by atoms with E-state index in [0.29, 0.717) is 0 Å². The van der Waals surface area contributed by atoms with E-state index in [1.54, 1.807) is 0 Å². The van der Waals surface area contributed by atoms with Crippen LogP contribution in [0.1, 0.15) is 31.7 Å². The Labute approximate surface area is 135 Å². The van der Waals surface area contributed by atoms with Gasteiger partial charge < -0.3 is 16.0 Å². The van der Waals surface area contributed by atoms with Crippen molar-refractivity contribution in [2.75, 3.05) is 24.5 Å². The lowest BCUT2D eigenvalue weighted by molar-refractivity contribution is -0.122. The average molecular weight is 354 g/mol. The highest BCUT2D eigenvalue weighted by atomic mass is 79.9. The Morgan fingerprint density at radius 1 is 1.52 bits per heavy atom. The highest BCUT2D eigenvalue weighted by Crippen LogP contribution is 2.28. The molecule has 5 heteroatoms. The van der Waals surface area contributed by atoms with Crippen LogP contribution in [0.25, 0.3) is 0 Å². The van der Waals surface area contributed by atoms with Gasteiger partial charge in [-0.3, -0.25) is 4.79 Å². The first kappa shape index (κ1) is 16.3. The zero-order valence-corrected chi connectivity index (χ0v) is 14.2. The Kier molecular flexibility index (Phi) is 6.06. The number of primary amides is 1. The van der Waals surface area contributed by atoms with Crippen LogP contribution in [-0.4, -0.2) is 25.5 Å². The minimum Gasteiger partial charge on any atom is -0.370 e. The number of rotatable bonds is 6. The molecule has 0 aromatic heterocycles. The highest BCUT2D eigenvalue weighted by Gasteiger charge is 2.25. The number of halogens is 1. The lowest BCUT2D eigenvalue weighted by Gasteiger charge is -2.34. The molecule has 0 aliphatic carbocycles. The Morgan fingerprint density at radius 2 is 2.33 bits per heavy atom. The van der Waals surface area contributed by atoms with Crippen molar-refractivity contribution in [2.45, 2.75) is 32.7 Å². The second kappa shape index (κ2) is 7.80. The average Bonchev–Trinajstić information content (AvgIpc) is 2.48. The molecule has 21 heavy (non-hydrogen) atoms. The van der Waals surface area contributed by atoms with Crippen LogP contribution in [0.15, 0.2) is 22.7 Å². The van der Waals surface area contributed by atoms with Gasteiger partial charge in [0.1, 0.15) is 0 Å². The van der Waals surface area contributed by atoms with Crippen LogP contribution in [0.4, 0.5) is 5.69 Å². The standard InChI is InChI=1S/C16H24BrN3O/c1-2-7-19-10-13-9-14(17)5-6-15(13)20-8-3-4-12(11-20)16(18)21/h5-6,9,12,19H,2-4,7-8,10-11H2,1H3,(H2,18,21). The van der Waals surface area contributed by atoms with E-state index < -0.39 is 0 Å². The molecule has 1 heterocycles. The SMILES string of the molecule is CCCNCc1cc(Br)ccc1N1CCCC(C(N)=O)C1. The van der Waals surface area contributed by atoms with Gasteiger partial charge in [-0.2, -0.15) is 0 Å². The summed E-state index contributed by atoms with van der Waals surface area (Å²) < 4.78 is 1.09. The second-order valence-corrected chi connectivity index (χ2v) is 6.55. The summed E-state index contributed by atoms with van der Waals surface area (Å²) in [6.07, 6.45) is 3.05. The van der Waals surface area contributed by atoms with Gasteiger partial charge in [-0.1, -0.05) is 22.9 Å². The molecule has 2 rings (SSSR count). The molecule has 1 atom stereocenters. The van der Waals surface area contributed by atoms with Crippen molar-refractivity contribution in [3.63, 3.8) is 0 Å². The minimum atomic E-state index is -0.178. The summed E-state index contributed by atoms with van der Waals surface area (Å²) in [4.78, 5) is 13.8. The Bertz CT molecular complexity index is 492. The molecule has 116 valence electrons. The molecule has 1 saturated heterocycles. The Hall–Kier alpha value is -1.07. The monoisotopic (exact) mass is 353 g/mol. The molecule has 1 aromatic rings. The van der Waals surface area contributed by atoms with Gasteiger partial charge in [-0.15, -0.1) is 0 Å². The number of hydrogen-bond donors (Lipinski definition) is 2. The zero-order chi connectivity index (χ0) is 15.2. The maximum Gasteiger partial charge on any atom is 0.222 e. The number of carbonyl (C=O) groups excluding carboxylic acids is 1. The fraction of sp³-hybridized carbons (Fsp3) is 0.562. The molecule has 0 bridgehead atoms. The maximum absolute atomic E-state index is 11.5. The van der Waals surface area contributed by atoms with E-state index in [9.17, 15) is 4.79 Å².